The van der Waals surface area contributed by atoms with Crippen LogP contribution in [-0.4, -0.2) is 113 Å². The number of fused-ring (bicyclic) bond motifs is 2. The van der Waals surface area contributed by atoms with E-state index in [1.807, 2.05) is 18.0 Å². The second kappa shape index (κ2) is 15.5. The first-order valence-corrected chi connectivity index (χ1v) is 19.3. The van der Waals surface area contributed by atoms with Gasteiger partial charge >= 0.3 is 0 Å². The van der Waals surface area contributed by atoms with Crippen molar-refractivity contribution >= 4 is 0 Å². The Morgan fingerprint density at radius 3 is 2.09 bits per heavy atom. The molecular weight excluding hydrogens is 697 g/mol. The molecule has 0 amide bonds. The lowest BCUT2D eigenvalue weighted by Gasteiger charge is -2.40. The molecule has 0 spiro atoms. The van der Waals surface area contributed by atoms with Crippen LogP contribution in [-0.2, 0) is 32.2 Å². The van der Waals surface area contributed by atoms with Gasteiger partial charge in [0.15, 0.2) is 34.5 Å². The summed E-state index contributed by atoms with van der Waals surface area (Å²) >= 11 is 0. The average molecular weight is 751 g/mol. The molecule has 11 heteroatoms. The summed E-state index contributed by atoms with van der Waals surface area (Å²) in [6, 6.07) is 19.0. The summed E-state index contributed by atoms with van der Waals surface area (Å²) < 4.78 is 38.3. The highest BCUT2D eigenvalue weighted by Crippen LogP contribution is 2.54. The molecule has 6 bridgehead atoms. The first kappa shape index (κ1) is 37.4. The number of β-amino-alcohol motifs (C(OH)–C–C–N with tert-alkyl or cyclic N) is 1. The van der Waals surface area contributed by atoms with Gasteiger partial charge < -0.3 is 33.5 Å². The number of piperazine rings is 1. The van der Waals surface area contributed by atoms with Crippen LogP contribution in [0, 0.1) is 0 Å². The minimum Gasteiger partial charge on any atom is -0.493 e. The molecule has 0 radical (unpaired) electrons. The Morgan fingerprint density at radius 2 is 1.36 bits per heavy atom. The van der Waals surface area contributed by atoms with E-state index in [0.717, 1.165) is 67.9 Å². The molecule has 55 heavy (non-hydrogen) atoms. The normalized spacial score (nSPS) is 21.8. The fourth-order valence-electron chi connectivity index (χ4n) is 8.95. The van der Waals surface area contributed by atoms with Crippen LogP contribution in [0.1, 0.15) is 51.0 Å². The zero-order chi connectivity index (χ0) is 38.4. The lowest BCUT2D eigenvalue weighted by atomic mass is 9.84. The van der Waals surface area contributed by atoms with Gasteiger partial charge in [-0.3, -0.25) is 19.6 Å². The van der Waals surface area contributed by atoms with Crippen molar-refractivity contribution in [2.24, 2.45) is 0 Å². The van der Waals surface area contributed by atoms with Crippen LogP contribution in [0.3, 0.4) is 0 Å². The number of aliphatic hydroxyl groups excluding tert-OH is 1. The number of nitrogens with zero attached hydrogens (tertiary/aromatic N) is 4. The third kappa shape index (κ3) is 7.08. The van der Waals surface area contributed by atoms with Gasteiger partial charge in [-0.05, 0) is 111 Å². The fourth-order valence-corrected chi connectivity index (χ4v) is 8.95. The maximum absolute atomic E-state index is 10.8. The molecule has 1 fully saturated rings. The zero-order valence-electron chi connectivity index (χ0n) is 33.2. The Bertz CT molecular complexity index is 2040. The number of benzene rings is 4. The van der Waals surface area contributed by atoms with E-state index in [0.29, 0.717) is 59.8 Å². The Kier molecular flexibility index (Phi) is 10.6. The van der Waals surface area contributed by atoms with Gasteiger partial charge in [0.05, 0.1) is 28.4 Å². The SMILES string of the molecule is COc1ccc2cc1Oc1ccc(cc1)C[C@H]1c3cc(c(OC)cc3CCN1C)Oc1c(OC)c(OC)c(CN3CCN(C)C(O)C3)c3c1[C@H](C2)N(C)CC3. The number of ether oxygens (including phenoxy) is 6. The topological polar surface area (TPSA) is 88.6 Å². The minimum atomic E-state index is -0.539. The number of likely N-dealkylation sites (N-methyl/N-ethyl adjacent to an activating group) is 3. The van der Waals surface area contributed by atoms with Crippen molar-refractivity contribution in [2.75, 3.05) is 82.3 Å². The van der Waals surface area contributed by atoms with Crippen molar-refractivity contribution in [2.45, 2.75) is 50.5 Å². The van der Waals surface area contributed by atoms with Crippen LogP contribution in [0.2, 0.25) is 0 Å². The minimum absolute atomic E-state index is 0.0858. The van der Waals surface area contributed by atoms with Gasteiger partial charge in [0.1, 0.15) is 12.0 Å². The summed E-state index contributed by atoms with van der Waals surface area (Å²) in [6.07, 6.45) is 2.67. The molecule has 9 rings (SSSR count). The van der Waals surface area contributed by atoms with Gasteiger partial charge in [-0.1, -0.05) is 18.2 Å². The molecule has 4 aromatic carbocycles. The summed E-state index contributed by atoms with van der Waals surface area (Å²) in [5, 5.41) is 10.8. The van der Waals surface area contributed by atoms with Crippen molar-refractivity contribution in [3.8, 4) is 46.0 Å². The van der Waals surface area contributed by atoms with Gasteiger partial charge in [0.2, 0.25) is 5.75 Å². The largest absolute Gasteiger partial charge is 0.493 e. The molecule has 292 valence electrons. The molecular formula is C44H54N4O7. The van der Waals surface area contributed by atoms with Gasteiger partial charge in [-0.15, -0.1) is 0 Å². The number of hydrogen-bond acceptors (Lipinski definition) is 11. The van der Waals surface area contributed by atoms with Crippen LogP contribution < -0.4 is 28.4 Å². The van der Waals surface area contributed by atoms with E-state index in [1.165, 1.54) is 22.3 Å². The van der Waals surface area contributed by atoms with E-state index in [-0.39, 0.29) is 12.1 Å². The fraction of sp³-hybridized carbons (Fsp3) is 0.455. The molecule has 1 saturated heterocycles. The first-order valence-electron chi connectivity index (χ1n) is 19.3. The van der Waals surface area contributed by atoms with E-state index < -0.39 is 6.23 Å². The lowest BCUT2D eigenvalue weighted by molar-refractivity contribution is -0.0436. The van der Waals surface area contributed by atoms with Gasteiger partial charge in [-0.2, -0.15) is 0 Å². The van der Waals surface area contributed by atoms with Gasteiger partial charge in [0, 0.05) is 62.5 Å². The van der Waals surface area contributed by atoms with E-state index in [4.69, 9.17) is 28.4 Å². The van der Waals surface area contributed by atoms with Crippen molar-refractivity contribution < 1.29 is 33.5 Å². The maximum Gasteiger partial charge on any atom is 0.204 e. The van der Waals surface area contributed by atoms with E-state index in [1.54, 1.807) is 28.4 Å². The number of hydrogen-bond donors (Lipinski definition) is 1. The van der Waals surface area contributed by atoms with E-state index >= 15 is 0 Å². The van der Waals surface area contributed by atoms with Crippen molar-refractivity contribution in [1.82, 2.24) is 19.6 Å². The summed E-state index contributed by atoms with van der Waals surface area (Å²) in [5.41, 5.74) is 8.13. The van der Waals surface area contributed by atoms with Crippen LogP contribution in [0.4, 0.5) is 0 Å². The molecule has 0 saturated carbocycles. The average Bonchev–Trinajstić information content (AvgIpc) is 3.19. The van der Waals surface area contributed by atoms with E-state index in [9.17, 15) is 5.11 Å². The highest BCUT2D eigenvalue weighted by molar-refractivity contribution is 5.67. The van der Waals surface area contributed by atoms with Crippen LogP contribution in [0.25, 0.3) is 0 Å². The molecule has 5 heterocycles. The quantitative estimate of drug-likeness (QED) is 0.244. The lowest BCUT2D eigenvalue weighted by Crippen LogP contribution is -2.51. The molecule has 5 aliphatic heterocycles. The molecule has 3 atom stereocenters. The molecule has 11 nitrogen and oxygen atoms in total. The molecule has 0 aromatic heterocycles. The third-order valence-corrected chi connectivity index (χ3v) is 12.2. The Morgan fingerprint density at radius 1 is 0.673 bits per heavy atom. The molecule has 1 N–H and O–H groups in total. The third-order valence-electron chi connectivity index (χ3n) is 12.2. The number of aliphatic hydroxyl groups is 1. The van der Waals surface area contributed by atoms with Gasteiger partial charge in [-0.25, -0.2) is 0 Å². The van der Waals surface area contributed by atoms with Crippen molar-refractivity contribution in [3.05, 3.63) is 93.5 Å². The summed E-state index contributed by atoms with van der Waals surface area (Å²) in [6.45, 7) is 4.53. The van der Waals surface area contributed by atoms with Crippen LogP contribution in [0.15, 0.2) is 54.6 Å². The van der Waals surface area contributed by atoms with Crippen LogP contribution in [0.5, 0.6) is 46.0 Å². The zero-order valence-corrected chi connectivity index (χ0v) is 33.2. The Balaban J connectivity index is 1.36. The second-order valence-electron chi connectivity index (χ2n) is 15.4. The van der Waals surface area contributed by atoms with Crippen LogP contribution >= 0.6 is 0 Å². The molecule has 4 aromatic rings. The predicted octanol–water partition coefficient (Wildman–Crippen LogP) is 6.23. The Labute approximate surface area is 324 Å². The smallest absolute Gasteiger partial charge is 0.204 e. The monoisotopic (exact) mass is 750 g/mol. The van der Waals surface area contributed by atoms with Crippen molar-refractivity contribution in [3.63, 3.8) is 0 Å². The Hall–Kier alpha value is -4.52. The summed E-state index contributed by atoms with van der Waals surface area (Å²) in [7, 11) is 13.1. The molecule has 1 unspecified atom stereocenters. The van der Waals surface area contributed by atoms with E-state index in [2.05, 4.69) is 77.3 Å². The number of methoxy groups -OCH3 is 4. The van der Waals surface area contributed by atoms with Crippen molar-refractivity contribution in [1.29, 1.82) is 0 Å². The summed E-state index contributed by atoms with van der Waals surface area (Å²) in [5.74, 6) is 5.27. The first-order chi connectivity index (χ1) is 26.7. The summed E-state index contributed by atoms with van der Waals surface area (Å²) in [4.78, 5) is 9.13. The maximum atomic E-state index is 10.8. The predicted molar refractivity (Wildman–Crippen MR) is 212 cm³/mol. The van der Waals surface area contributed by atoms with Gasteiger partial charge in [0.25, 0.3) is 0 Å². The number of rotatable bonds is 6. The molecule has 0 aliphatic carbocycles. The second-order valence-corrected chi connectivity index (χ2v) is 15.4. The standard InChI is InChI=1S/C44H54N4O7/c1-45-16-14-29-23-37(51-5)39-24-32(29)34(45)20-27-8-11-30(12-9-27)54-38-22-28(10-13-36(38)50-4)21-35-41-31(15-17-46(35)2)33(25-48-19-18-47(3)40(49)26-48)42(52-6)44(53-7)43(41)55-39/h8-13,22-24,34-35,40,49H,14-21,25-26H2,1-7H3/t34-,35-,40?/m0/s1. The highest BCUT2D eigenvalue weighted by Gasteiger charge is 2.38. The highest BCUT2D eigenvalue weighted by atomic mass is 16.5. The molecule has 5 aliphatic rings.